The van der Waals surface area contributed by atoms with E-state index < -0.39 is 22.2 Å². The minimum atomic E-state index is -3.76. The molecule has 2 rings (SSSR count). The first-order valence-electron chi connectivity index (χ1n) is 6.61. The molecule has 1 N–H and O–H groups in total. The van der Waals surface area contributed by atoms with Crippen molar-refractivity contribution in [3.63, 3.8) is 0 Å². The van der Waals surface area contributed by atoms with Gasteiger partial charge in [-0.15, -0.1) is 0 Å². The van der Waals surface area contributed by atoms with Crippen molar-refractivity contribution in [2.24, 2.45) is 5.92 Å². The van der Waals surface area contributed by atoms with E-state index in [9.17, 15) is 13.2 Å². The molecule has 1 aromatic rings. The Morgan fingerprint density at radius 1 is 1.15 bits per heavy atom. The highest BCUT2D eigenvalue weighted by Crippen LogP contribution is 2.28. The van der Waals surface area contributed by atoms with Gasteiger partial charge in [-0.25, -0.2) is 0 Å². The van der Waals surface area contributed by atoms with Crippen molar-refractivity contribution in [2.45, 2.75) is 43.6 Å². The third-order valence-electron chi connectivity index (χ3n) is 3.60. The Balaban J connectivity index is 2.00. The maximum atomic E-state index is 12.1. The summed E-state index contributed by atoms with van der Waals surface area (Å²) in [6.07, 6.45) is 1.42. The molecule has 0 heterocycles. The van der Waals surface area contributed by atoms with Gasteiger partial charge in [-0.1, -0.05) is 17.7 Å². The average Bonchev–Trinajstić information content (AvgIpc) is 2.39. The molecule has 1 aliphatic carbocycles. The third kappa shape index (κ3) is 3.58. The standard InChI is InChI=1S/C14H18O5S/c1-10-2-8-13(9-3-10)20(17,18)19-12-6-4-11(5-7-12)14(15)16/h2-3,8-9,11-12H,4-7H2,1H3,(H,15,16)/t11-,12+. The topological polar surface area (TPSA) is 80.7 Å². The molecule has 0 spiro atoms. The molecule has 6 heteroatoms. The number of carbonyl (C=O) groups is 1. The largest absolute Gasteiger partial charge is 0.481 e. The van der Waals surface area contributed by atoms with Crippen molar-refractivity contribution >= 4 is 16.1 Å². The summed E-state index contributed by atoms with van der Waals surface area (Å²) in [5, 5.41) is 8.90. The van der Waals surface area contributed by atoms with Crippen LogP contribution in [0.25, 0.3) is 0 Å². The van der Waals surface area contributed by atoms with Gasteiger partial charge in [-0.3, -0.25) is 8.98 Å². The van der Waals surface area contributed by atoms with Crippen LogP contribution >= 0.6 is 0 Å². The SMILES string of the molecule is Cc1ccc(S(=O)(=O)O[C@H]2CC[C@@H](C(=O)O)CC2)cc1. The zero-order chi connectivity index (χ0) is 14.8. The number of aliphatic carboxylic acids is 1. The second-order valence-corrected chi connectivity index (χ2v) is 6.75. The van der Waals surface area contributed by atoms with Gasteiger partial charge in [-0.05, 0) is 44.7 Å². The minimum absolute atomic E-state index is 0.142. The Morgan fingerprint density at radius 2 is 1.70 bits per heavy atom. The smallest absolute Gasteiger partial charge is 0.306 e. The number of rotatable bonds is 4. The first-order valence-corrected chi connectivity index (χ1v) is 8.02. The van der Waals surface area contributed by atoms with Gasteiger partial charge in [0.25, 0.3) is 10.1 Å². The molecule has 0 radical (unpaired) electrons. The molecule has 0 amide bonds. The summed E-state index contributed by atoms with van der Waals surface area (Å²) >= 11 is 0. The Bertz CT molecular complexity index is 568. The number of hydrogen-bond acceptors (Lipinski definition) is 4. The second kappa shape index (κ2) is 5.93. The zero-order valence-corrected chi connectivity index (χ0v) is 12.1. The molecule has 1 aliphatic rings. The van der Waals surface area contributed by atoms with E-state index in [4.69, 9.17) is 9.29 Å². The van der Waals surface area contributed by atoms with Crippen LogP contribution in [0.1, 0.15) is 31.2 Å². The molecule has 0 saturated heterocycles. The van der Waals surface area contributed by atoms with Crippen molar-refractivity contribution in [1.82, 2.24) is 0 Å². The van der Waals surface area contributed by atoms with Crippen LogP contribution in [0.5, 0.6) is 0 Å². The molecule has 0 bridgehead atoms. The number of carboxylic acid groups (broad SMARTS) is 1. The molecule has 1 fully saturated rings. The summed E-state index contributed by atoms with van der Waals surface area (Å²) in [4.78, 5) is 11.0. The summed E-state index contributed by atoms with van der Waals surface area (Å²) in [6.45, 7) is 1.88. The quantitative estimate of drug-likeness (QED) is 0.863. The lowest BCUT2D eigenvalue weighted by molar-refractivity contribution is -0.143. The fourth-order valence-corrected chi connectivity index (χ4v) is 3.48. The van der Waals surface area contributed by atoms with E-state index in [2.05, 4.69) is 0 Å². The lowest BCUT2D eigenvalue weighted by Crippen LogP contribution is -2.27. The van der Waals surface area contributed by atoms with Crippen LogP contribution in [0, 0.1) is 12.8 Å². The fraction of sp³-hybridized carbons (Fsp3) is 0.500. The van der Waals surface area contributed by atoms with Crippen LogP contribution in [0.15, 0.2) is 29.2 Å². The average molecular weight is 298 g/mol. The maximum Gasteiger partial charge on any atom is 0.306 e. The number of carboxylic acids is 1. The van der Waals surface area contributed by atoms with Crippen molar-refractivity contribution in [1.29, 1.82) is 0 Å². The van der Waals surface area contributed by atoms with Crippen LogP contribution in [0.2, 0.25) is 0 Å². The molecule has 110 valence electrons. The lowest BCUT2D eigenvalue weighted by atomic mass is 9.88. The van der Waals surface area contributed by atoms with Crippen LogP contribution < -0.4 is 0 Å². The molecule has 20 heavy (non-hydrogen) atoms. The van der Waals surface area contributed by atoms with E-state index in [1.165, 1.54) is 12.1 Å². The molecule has 0 aromatic heterocycles. The predicted molar refractivity (Wildman–Crippen MR) is 72.8 cm³/mol. The fourth-order valence-electron chi connectivity index (χ4n) is 2.35. The normalized spacial score (nSPS) is 23.4. The van der Waals surface area contributed by atoms with Crippen molar-refractivity contribution < 1.29 is 22.5 Å². The van der Waals surface area contributed by atoms with Gasteiger partial charge in [0.05, 0.1) is 16.9 Å². The monoisotopic (exact) mass is 298 g/mol. The molecular weight excluding hydrogens is 280 g/mol. The van der Waals surface area contributed by atoms with Gasteiger partial charge < -0.3 is 5.11 Å². The van der Waals surface area contributed by atoms with Crippen LogP contribution in [-0.2, 0) is 19.1 Å². The summed E-state index contributed by atoms with van der Waals surface area (Å²) in [6, 6.07) is 6.48. The molecule has 0 atom stereocenters. The molecule has 0 aliphatic heterocycles. The van der Waals surface area contributed by atoms with Gasteiger partial charge in [0.15, 0.2) is 0 Å². The number of hydrogen-bond donors (Lipinski definition) is 1. The van der Waals surface area contributed by atoms with Crippen molar-refractivity contribution in [2.75, 3.05) is 0 Å². The van der Waals surface area contributed by atoms with E-state index in [-0.39, 0.29) is 10.8 Å². The summed E-state index contributed by atoms with van der Waals surface area (Å²) < 4.78 is 29.4. The highest BCUT2D eigenvalue weighted by Gasteiger charge is 2.29. The lowest BCUT2D eigenvalue weighted by Gasteiger charge is -2.25. The summed E-state index contributed by atoms with van der Waals surface area (Å²) in [7, 11) is -3.76. The molecule has 5 nitrogen and oxygen atoms in total. The maximum absolute atomic E-state index is 12.1. The van der Waals surface area contributed by atoms with E-state index >= 15 is 0 Å². The van der Waals surface area contributed by atoms with Gasteiger partial charge >= 0.3 is 5.97 Å². The van der Waals surface area contributed by atoms with E-state index in [1.54, 1.807) is 12.1 Å². The third-order valence-corrected chi connectivity index (χ3v) is 4.97. The molecule has 0 unspecified atom stereocenters. The zero-order valence-electron chi connectivity index (χ0n) is 11.3. The van der Waals surface area contributed by atoms with Gasteiger partial charge in [-0.2, -0.15) is 8.42 Å². The van der Waals surface area contributed by atoms with Gasteiger partial charge in [0.2, 0.25) is 0 Å². The van der Waals surface area contributed by atoms with Crippen LogP contribution in [-0.4, -0.2) is 25.6 Å². The summed E-state index contributed by atoms with van der Waals surface area (Å²) in [5.74, 6) is -1.19. The molecule has 1 saturated carbocycles. The highest BCUT2D eigenvalue weighted by molar-refractivity contribution is 7.86. The van der Waals surface area contributed by atoms with Crippen LogP contribution in [0.3, 0.4) is 0 Å². The Labute approximate surface area is 118 Å². The molecular formula is C14H18O5S. The Morgan fingerprint density at radius 3 is 2.20 bits per heavy atom. The first-order chi connectivity index (χ1) is 9.38. The second-order valence-electron chi connectivity index (χ2n) is 5.18. The Hall–Kier alpha value is -1.40. The van der Waals surface area contributed by atoms with Gasteiger partial charge in [0, 0.05) is 0 Å². The van der Waals surface area contributed by atoms with E-state index in [0.29, 0.717) is 25.7 Å². The predicted octanol–water partition coefficient (Wildman–Crippen LogP) is 2.34. The highest BCUT2D eigenvalue weighted by atomic mass is 32.2. The van der Waals surface area contributed by atoms with Crippen molar-refractivity contribution in [3.05, 3.63) is 29.8 Å². The van der Waals surface area contributed by atoms with Crippen molar-refractivity contribution in [3.8, 4) is 0 Å². The van der Waals surface area contributed by atoms with E-state index in [1.807, 2.05) is 6.92 Å². The number of aryl methyl sites for hydroxylation is 1. The Kier molecular flexibility index (Phi) is 4.45. The summed E-state index contributed by atoms with van der Waals surface area (Å²) in [5.41, 5.74) is 0.978. The van der Waals surface area contributed by atoms with E-state index in [0.717, 1.165) is 5.56 Å². The minimum Gasteiger partial charge on any atom is -0.481 e. The van der Waals surface area contributed by atoms with Gasteiger partial charge in [0.1, 0.15) is 0 Å². The number of benzene rings is 1. The van der Waals surface area contributed by atoms with Crippen LogP contribution in [0.4, 0.5) is 0 Å². The molecule has 1 aromatic carbocycles. The first kappa shape index (κ1) is 15.0.